The third-order valence-electron chi connectivity index (χ3n) is 3.22. The van der Waals surface area contributed by atoms with Gasteiger partial charge in [-0.15, -0.1) is 0 Å². The number of carbonyl (C=O) groups excluding carboxylic acids is 1. The highest BCUT2D eigenvalue weighted by molar-refractivity contribution is 7.80. The Morgan fingerprint density at radius 2 is 2.18 bits per heavy atom. The summed E-state index contributed by atoms with van der Waals surface area (Å²) in [6.45, 7) is 6.01. The molecule has 6 heteroatoms. The first-order valence-electron chi connectivity index (χ1n) is 7.09. The van der Waals surface area contributed by atoms with Gasteiger partial charge >= 0.3 is 5.97 Å². The third-order valence-corrected chi connectivity index (χ3v) is 3.44. The van der Waals surface area contributed by atoms with Crippen LogP contribution in [0.25, 0.3) is 0 Å². The smallest absolute Gasteiger partial charge is 0.338 e. The number of rotatable bonds is 4. The molecule has 0 saturated carbocycles. The third kappa shape index (κ3) is 3.82. The maximum Gasteiger partial charge on any atom is 0.338 e. The molecule has 0 saturated heterocycles. The van der Waals surface area contributed by atoms with E-state index in [0.717, 1.165) is 0 Å². The maximum atomic E-state index is 13.5. The zero-order chi connectivity index (χ0) is 16.3. The van der Waals surface area contributed by atoms with E-state index in [1.807, 2.05) is 13.8 Å². The minimum Gasteiger partial charge on any atom is -0.462 e. The van der Waals surface area contributed by atoms with Crippen LogP contribution in [0.4, 0.5) is 4.39 Å². The van der Waals surface area contributed by atoms with Gasteiger partial charge < -0.3 is 15.4 Å². The molecule has 1 aromatic rings. The Bertz CT molecular complexity index is 628. The molecule has 1 aliphatic heterocycles. The summed E-state index contributed by atoms with van der Waals surface area (Å²) in [5.74, 6) is -0.553. The molecule has 1 atom stereocenters. The van der Waals surface area contributed by atoms with E-state index in [1.165, 1.54) is 12.1 Å². The number of benzene rings is 1. The quantitative estimate of drug-likeness (QED) is 0.659. The zero-order valence-corrected chi connectivity index (χ0v) is 13.6. The summed E-state index contributed by atoms with van der Waals surface area (Å²) >= 11 is 5.14. The van der Waals surface area contributed by atoms with Crippen LogP contribution < -0.4 is 10.6 Å². The fourth-order valence-corrected chi connectivity index (χ4v) is 2.49. The van der Waals surface area contributed by atoms with Crippen LogP contribution in [0.15, 0.2) is 35.5 Å². The van der Waals surface area contributed by atoms with Crippen molar-refractivity contribution < 1.29 is 13.9 Å². The van der Waals surface area contributed by atoms with E-state index in [0.29, 0.717) is 28.6 Å². The zero-order valence-electron chi connectivity index (χ0n) is 12.8. The second-order valence-electron chi connectivity index (χ2n) is 5.62. The van der Waals surface area contributed by atoms with Crippen molar-refractivity contribution >= 4 is 23.3 Å². The molecule has 0 unspecified atom stereocenters. The normalized spacial score (nSPS) is 18.0. The van der Waals surface area contributed by atoms with Crippen molar-refractivity contribution in [3.63, 3.8) is 0 Å². The van der Waals surface area contributed by atoms with Crippen LogP contribution in [0.2, 0.25) is 0 Å². The summed E-state index contributed by atoms with van der Waals surface area (Å²) in [6, 6.07) is 5.57. The summed E-state index contributed by atoms with van der Waals surface area (Å²) in [5, 5.41) is 6.32. The first-order chi connectivity index (χ1) is 10.4. The highest BCUT2D eigenvalue weighted by Gasteiger charge is 2.31. The van der Waals surface area contributed by atoms with Gasteiger partial charge in [-0.3, -0.25) is 0 Å². The molecule has 0 aromatic heterocycles. The van der Waals surface area contributed by atoms with Crippen molar-refractivity contribution in [2.24, 2.45) is 5.92 Å². The summed E-state index contributed by atoms with van der Waals surface area (Å²) < 4.78 is 18.8. The number of nitrogens with one attached hydrogen (secondary N) is 2. The molecule has 0 spiro atoms. The molecular formula is C16H19FN2O2S. The van der Waals surface area contributed by atoms with Crippen LogP contribution in [0, 0.1) is 11.7 Å². The molecular weight excluding hydrogens is 303 g/mol. The first-order valence-corrected chi connectivity index (χ1v) is 7.50. The molecule has 0 bridgehead atoms. The molecule has 2 rings (SSSR count). The van der Waals surface area contributed by atoms with Crippen molar-refractivity contribution in [2.75, 3.05) is 6.61 Å². The number of esters is 1. The summed E-state index contributed by atoms with van der Waals surface area (Å²) in [5.41, 5.74) is 1.66. The van der Waals surface area contributed by atoms with E-state index in [9.17, 15) is 9.18 Å². The fraction of sp³-hybridized carbons (Fsp3) is 0.375. The van der Waals surface area contributed by atoms with E-state index in [-0.39, 0.29) is 11.7 Å². The summed E-state index contributed by atoms with van der Waals surface area (Å²) in [4.78, 5) is 12.4. The van der Waals surface area contributed by atoms with E-state index in [1.54, 1.807) is 19.1 Å². The van der Waals surface area contributed by atoms with Crippen LogP contribution in [0.1, 0.15) is 32.4 Å². The number of halogens is 1. The Balaban J connectivity index is 2.34. The van der Waals surface area contributed by atoms with Gasteiger partial charge in [0.1, 0.15) is 5.82 Å². The predicted octanol–water partition coefficient (Wildman–Crippen LogP) is 2.82. The number of hydrogen-bond acceptors (Lipinski definition) is 3. The second-order valence-corrected chi connectivity index (χ2v) is 6.03. The maximum absolute atomic E-state index is 13.5. The number of allylic oxidation sites excluding steroid dienone is 1. The molecule has 4 nitrogen and oxygen atoms in total. The van der Waals surface area contributed by atoms with E-state index >= 15 is 0 Å². The summed E-state index contributed by atoms with van der Waals surface area (Å²) in [6.07, 6.45) is 0. The van der Waals surface area contributed by atoms with Crippen LogP contribution >= 0.6 is 12.2 Å². The van der Waals surface area contributed by atoms with Gasteiger partial charge in [-0.05, 0) is 42.8 Å². The number of hydrogen-bond donors (Lipinski definition) is 2. The average Bonchev–Trinajstić information content (AvgIpc) is 2.44. The molecule has 22 heavy (non-hydrogen) atoms. The van der Waals surface area contributed by atoms with E-state index in [2.05, 4.69) is 10.6 Å². The van der Waals surface area contributed by atoms with Gasteiger partial charge in [-0.2, -0.15) is 0 Å². The van der Waals surface area contributed by atoms with Crippen LogP contribution in [-0.2, 0) is 9.53 Å². The number of carbonyl (C=O) groups is 1. The fourth-order valence-electron chi connectivity index (χ4n) is 2.22. The van der Waals surface area contributed by atoms with Gasteiger partial charge in [-0.25, -0.2) is 9.18 Å². The number of thiocarbonyl (C=S) groups is 1. The second kappa shape index (κ2) is 6.87. The van der Waals surface area contributed by atoms with E-state index in [4.69, 9.17) is 17.0 Å². The van der Waals surface area contributed by atoms with Gasteiger partial charge in [0, 0.05) is 5.70 Å². The lowest BCUT2D eigenvalue weighted by Gasteiger charge is -2.30. The number of ether oxygens (including phenoxy) is 1. The monoisotopic (exact) mass is 322 g/mol. The minimum absolute atomic E-state index is 0.239. The van der Waals surface area contributed by atoms with Crippen molar-refractivity contribution in [2.45, 2.75) is 26.8 Å². The summed E-state index contributed by atoms with van der Waals surface area (Å²) in [7, 11) is 0. The van der Waals surface area contributed by atoms with Gasteiger partial charge in [0.05, 0.1) is 18.2 Å². The first kappa shape index (κ1) is 16.4. The highest BCUT2D eigenvalue weighted by Crippen LogP contribution is 2.28. The molecule has 1 aliphatic rings. The molecule has 118 valence electrons. The highest BCUT2D eigenvalue weighted by atomic mass is 32.1. The van der Waals surface area contributed by atoms with Crippen molar-refractivity contribution in [3.8, 4) is 0 Å². The van der Waals surface area contributed by atoms with Crippen molar-refractivity contribution in [1.82, 2.24) is 10.6 Å². The van der Waals surface area contributed by atoms with E-state index < -0.39 is 12.0 Å². The lowest BCUT2D eigenvalue weighted by molar-refractivity contribution is -0.140. The minimum atomic E-state index is -0.524. The lowest BCUT2D eigenvalue weighted by atomic mass is 9.95. The molecule has 1 heterocycles. The largest absolute Gasteiger partial charge is 0.462 e. The Morgan fingerprint density at radius 3 is 2.82 bits per heavy atom. The van der Waals surface area contributed by atoms with Crippen LogP contribution in [0.3, 0.4) is 0 Å². The molecule has 2 N–H and O–H groups in total. The van der Waals surface area contributed by atoms with Gasteiger partial charge in [0.25, 0.3) is 0 Å². The molecule has 0 fully saturated rings. The van der Waals surface area contributed by atoms with Crippen molar-refractivity contribution in [1.29, 1.82) is 0 Å². The van der Waals surface area contributed by atoms with Gasteiger partial charge in [0.2, 0.25) is 0 Å². The average molecular weight is 322 g/mol. The Labute approximate surface area is 134 Å². The van der Waals surface area contributed by atoms with Gasteiger partial charge in [0.15, 0.2) is 5.11 Å². The molecule has 1 aromatic carbocycles. The SMILES string of the molecule is CC1=C(C(=O)OCC(C)C)[C@H](c2cccc(F)c2)NC(=S)N1. The Morgan fingerprint density at radius 1 is 1.45 bits per heavy atom. The molecule has 0 aliphatic carbocycles. The predicted molar refractivity (Wildman–Crippen MR) is 86.5 cm³/mol. The Hall–Kier alpha value is -1.95. The molecule has 0 radical (unpaired) electrons. The lowest BCUT2D eigenvalue weighted by Crippen LogP contribution is -2.45. The topological polar surface area (TPSA) is 50.4 Å². The standard InChI is InChI=1S/C16H19FN2O2S/c1-9(2)8-21-15(20)13-10(3)18-16(22)19-14(13)11-5-4-6-12(17)7-11/h4-7,9,14H,8H2,1-3H3,(H2,18,19,22)/t14-/m0/s1. The van der Waals surface area contributed by atoms with Crippen molar-refractivity contribution in [3.05, 3.63) is 46.9 Å². The van der Waals surface area contributed by atoms with Crippen LogP contribution in [-0.4, -0.2) is 17.7 Å². The van der Waals surface area contributed by atoms with Gasteiger partial charge in [-0.1, -0.05) is 26.0 Å². The Kier molecular flexibility index (Phi) is 5.13. The van der Waals surface area contributed by atoms with Crippen LogP contribution in [0.5, 0.6) is 0 Å². The molecule has 0 amide bonds.